The molecular weight excluding hydrogens is 628 g/mol. The van der Waals surface area contributed by atoms with Crippen LogP contribution < -0.4 is 15.4 Å². The lowest BCUT2D eigenvalue weighted by Crippen LogP contribution is -2.44. The van der Waals surface area contributed by atoms with Crippen LogP contribution in [-0.2, 0) is 27.7 Å². The lowest BCUT2D eigenvalue weighted by molar-refractivity contribution is -0.116. The van der Waals surface area contributed by atoms with E-state index >= 15 is 4.39 Å². The van der Waals surface area contributed by atoms with Crippen molar-refractivity contribution in [3.63, 3.8) is 0 Å². The number of rotatable bonds is 12. The molecule has 0 radical (unpaired) electrons. The average molecular weight is 671 g/mol. The molecule has 10 heteroatoms. The summed E-state index contributed by atoms with van der Waals surface area (Å²) < 4.78 is 50.2. The van der Waals surface area contributed by atoms with E-state index in [2.05, 4.69) is 34.7 Å². The van der Waals surface area contributed by atoms with Gasteiger partial charge in [-0.05, 0) is 78.5 Å². The number of aryl methyl sites for hydroxylation is 1. The Labute approximate surface area is 282 Å². The zero-order chi connectivity index (χ0) is 33.7. The van der Waals surface area contributed by atoms with E-state index in [9.17, 15) is 13.2 Å². The normalized spacial score (nSPS) is 18.2. The second kappa shape index (κ2) is 14.6. The minimum Gasteiger partial charge on any atom is -0.481 e. The Kier molecular flexibility index (Phi) is 10.2. The molecule has 2 N–H and O–H groups in total. The first-order valence-electron chi connectivity index (χ1n) is 16.6. The summed E-state index contributed by atoms with van der Waals surface area (Å²) in [6.45, 7) is 3.76. The molecule has 2 heterocycles. The number of amides is 1. The molecular formula is C38H43FN4O4S. The van der Waals surface area contributed by atoms with Crippen LogP contribution in [0, 0.1) is 11.2 Å². The molecule has 4 aromatic rings. The molecule has 48 heavy (non-hydrogen) atoms. The number of hydrogen-bond acceptors (Lipinski definition) is 6. The van der Waals surface area contributed by atoms with Crippen molar-refractivity contribution < 1.29 is 22.3 Å². The van der Waals surface area contributed by atoms with E-state index in [0.717, 1.165) is 36.9 Å². The summed E-state index contributed by atoms with van der Waals surface area (Å²) in [6.07, 6.45) is 5.36. The predicted molar refractivity (Wildman–Crippen MR) is 185 cm³/mol. The lowest BCUT2D eigenvalue weighted by Gasteiger charge is -2.31. The topological polar surface area (TPSA) is 101 Å². The maximum absolute atomic E-state index is 15.5. The summed E-state index contributed by atoms with van der Waals surface area (Å²) in [5, 5.41) is 6.47. The monoisotopic (exact) mass is 670 g/mol. The van der Waals surface area contributed by atoms with Crippen molar-refractivity contribution in [2.45, 2.75) is 62.3 Å². The summed E-state index contributed by atoms with van der Waals surface area (Å²) in [6, 6.07) is 24.7. The summed E-state index contributed by atoms with van der Waals surface area (Å²) in [5.41, 5.74) is 3.74. The second-order valence-corrected chi connectivity index (χ2v) is 14.9. The summed E-state index contributed by atoms with van der Waals surface area (Å²) >= 11 is 0. The number of hydrogen-bond donors (Lipinski definition) is 2. The third-order valence-corrected chi connectivity index (χ3v) is 11.7. The van der Waals surface area contributed by atoms with Crippen LogP contribution in [0.5, 0.6) is 5.88 Å². The van der Waals surface area contributed by atoms with Crippen LogP contribution in [0.2, 0.25) is 0 Å². The largest absolute Gasteiger partial charge is 0.481 e. The second-order valence-electron chi connectivity index (χ2n) is 13.0. The van der Waals surface area contributed by atoms with Crippen molar-refractivity contribution >= 4 is 21.6 Å². The zero-order valence-corrected chi connectivity index (χ0v) is 28.3. The molecule has 1 amide bonds. The van der Waals surface area contributed by atoms with Crippen molar-refractivity contribution in [1.29, 1.82) is 0 Å². The molecule has 1 spiro atoms. The SMILES string of the molecule is CCc1ccc([C@H](CC(=O)Nc2cccc(F)c2CC[C@H]2CNCC3(CC3)CN2S(=O)(=O)c2ccccc2)c2ccc(OC)nc2)cc1. The highest BCUT2D eigenvalue weighted by atomic mass is 32.2. The highest BCUT2D eigenvalue weighted by molar-refractivity contribution is 7.89. The Morgan fingerprint density at radius 1 is 1.04 bits per heavy atom. The highest BCUT2D eigenvalue weighted by Gasteiger charge is 2.49. The van der Waals surface area contributed by atoms with Crippen molar-refractivity contribution in [2.75, 3.05) is 32.1 Å². The number of nitrogens with one attached hydrogen (secondary N) is 2. The number of nitrogens with zero attached hydrogens (tertiary/aromatic N) is 2. The number of anilines is 1. The van der Waals surface area contributed by atoms with E-state index in [1.165, 1.54) is 11.6 Å². The average Bonchev–Trinajstić information content (AvgIpc) is 3.91. The Hall–Kier alpha value is -4.12. The summed E-state index contributed by atoms with van der Waals surface area (Å²) in [4.78, 5) is 18.3. The molecule has 1 aliphatic heterocycles. The number of carbonyl (C=O) groups excluding carboxylic acids is 1. The molecule has 1 saturated carbocycles. The van der Waals surface area contributed by atoms with Gasteiger partial charge in [-0.1, -0.05) is 61.5 Å². The molecule has 1 aromatic heterocycles. The van der Waals surface area contributed by atoms with Crippen molar-refractivity contribution in [3.8, 4) is 5.88 Å². The van der Waals surface area contributed by atoms with Crippen molar-refractivity contribution in [2.24, 2.45) is 5.41 Å². The van der Waals surface area contributed by atoms with E-state index in [1.807, 2.05) is 18.2 Å². The maximum Gasteiger partial charge on any atom is 0.243 e. The minimum absolute atomic E-state index is 0.0550. The number of sulfonamides is 1. The van der Waals surface area contributed by atoms with Crippen molar-refractivity contribution in [1.82, 2.24) is 14.6 Å². The van der Waals surface area contributed by atoms with Gasteiger partial charge in [-0.25, -0.2) is 17.8 Å². The lowest BCUT2D eigenvalue weighted by atomic mass is 9.88. The van der Waals surface area contributed by atoms with Gasteiger partial charge in [0, 0.05) is 61.5 Å². The van der Waals surface area contributed by atoms with Gasteiger partial charge in [-0.2, -0.15) is 4.31 Å². The fourth-order valence-electron chi connectivity index (χ4n) is 6.65. The molecule has 252 valence electrons. The van der Waals surface area contributed by atoms with Crippen LogP contribution in [0.15, 0.2) is 96.0 Å². The van der Waals surface area contributed by atoms with Gasteiger partial charge in [0.25, 0.3) is 0 Å². The molecule has 3 aromatic carbocycles. The fraction of sp³-hybridized carbons (Fsp3) is 0.368. The fourth-order valence-corrected chi connectivity index (χ4v) is 8.44. The Morgan fingerprint density at radius 2 is 1.79 bits per heavy atom. The molecule has 0 unspecified atom stereocenters. The van der Waals surface area contributed by atoms with E-state index in [0.29, 0.717) is 36.6 Å². The van der Waals surface area contributed by atoms with Gasteiger partial charge < -0.3 is 15.4 Å². The van der Waals surface area contributed by atoms with Gasteiger partial charge in [-0.3, -0.25) is 4.79 Å². The van der Waals surface area contributed by atoms with E-state index in [1.54, 1.807) is 66.1 Å². The first-order valence-corrected chi connectivity index (χ1v) is 18.1. The number of halogens is 1. The number of methoxy groups -OCH3 is 1. The van der Waals surface area contributed by atoms with Gasteiger partial charge in [0.05, 0.1) is 12.0 Å². The van der Waals surface area contributed by atoms with E-state index < -0.39 is 15.8 Å². The minimum atomic E-state index is -3.77. The Morgan fingerprint density at radius 3 is 2.46 bits per heavy atom. The predicted octanol–water partition coefficient (Wildman–Crippen LogP) is 6.33. The number of ether oxygens (including phenoxy) is 1. The zero-order valence-electron chi connectivity index (χ0n) is 27.5. The van der Waals surface area contributed by atoms with Crippen LogP contribution in [0.25, 0.3) is 0 Å². The molecule has 2 fully saturated rings. The smallest absolute Gasteiger partial charge is 0.243 e. The first kappa shape index (κ1) is 33.8. The van der Waals surface area contributed by atoms with Gasteiger partial charge in [0.15, 0.2) is 0 Å². The standard InChI is InChI=1S/C38H43FN4O4S/c1-3-27-12-14-28(15-13-27)33(29-16-19-37(47-2)41-23-29)22-36(44)42-35-11-7-10-34(39)32(35)18-17-30-24-40-25-38(20-21-38)26-43(30)48(45,46)31-8-5-4-6-9-31/h4-16,19,23,30,33,40H,3,17-18,20-22,24-26H2,1-2H3,(H,42,44)/t30-,33-/m0/s1. The molecule has 2 atom stereocenters. The van der Waals surface area contributed by atoms with Crippen LogP contribution in [-0.4, -0.2) is 56.4 Å². The van der Waals surface area contributed by atoms with Gasteiger partial charge in [-0.15, -0.1) is 0 Å². The van der Waals surface area contributed by atoms with Crippen LogP contribution in [0.1, 0.15) is 60.8 Å². The number of pyridine rings is 1. The molecule has 6 rings (SSSR count). The van der Waals surface area contributed by atoms with E-state index in [4.69, 9.17) is 4.74 Å². The molecule has 1 aliphatic carbocycles. The third-order valence-electron chi connectivity index (χ3n) is 9.76. The maximum atomic E-state index is 15.5. The van der Waals surface area contributed by atoms with Gasteiger partial charge >= 0.3 is 0 Å². The van der Waals surface area contributed by atoms with E-state index in [-0.39, 0.29) is 41.0 Å². The quantitative estimate of drug-likeness (QED) is 0.183. The Balaban J connectivity index is 1.21. The van der Waals surface area contributed by atoms with Crippen LogP contribution in [0.3, 0.4) is 0 Å². The molecule has 1 saturated heterocycles. The highest BCUT2D eigenvalue weighted by Crippen LogP contribution is 2.48. The number of benzene rings is 3. The first-order chi connectivity index (χ1) is 23.2. The van der Waals surface area contributed by atoms with Gasteiger partial charge in [0.2, 0.25) is 21.8 Å². The number of aromatic nitrogens is 1. The number of carbonyl (C=O) groups is 1. The van der Waals surface area contributed by atoms with Crippen molar-refractivity contribution in [3.05, 3.63) is 119 Å². The van der Waals surface area contributed by atoms with Crippen LogP contribution in [0.4, 0.5) is 10.1 Å². The van der Waals surface area contributed by atoms with Crippen LogP contribution >= 0.6 is 0 Å². The summed E-state index contributed by atoms with van der Waals surface area (Å²) in [7, 11) is -2.21. The third kappa shape index (κ3) is 7.61. The van der Waals surface area contributed by atoms with Gasteiger partial charge in [0.1, 0.15) is 5.82 Å². The molecule has 2 aliphatic rings. The molecule has 8 nitrogen and oxygen atoms in total. The Bertz CT molecular complexity index is 1770. The molecule has 0 bridgehead atoms. The summed E-state index contributed by atoms with van der Waals surface area (Å²) in [5.74, 6) is -0.493.